The molecule has 1 atom stereocenters. The summed E-state index contributed by atoms with van der Waals surface area (Å²) in [4.78, 5) is 16.0. The van der Waals surface area contributed by atoms with E-state index in [0.717, 1.165) is 28.0 Å². The van der Waals surface area contributed by atoms with E-state index >= 15 is 0 Å². The van der Waals surface area contributed by atoms with Crippen LogP contribution in [0.2, 0.25) is 0 Å². The Bertz CT molecular complexity index is 776. The van der Waals surface area contributed by atoms with Crippen LogP contribution in [0.15, 0.2) is 41.7 Å². The average molecular weight is 372 g/mol. The highest BCUT2D eigenvalue weighted by atomic mass is 32.2. The molecule has 0 aromatic carbocycles. The summed E-state index contributed by atoms with van der Waals surface area (Å²) in [5.41, 5.74) is 1.99. The van der Waals surface area contributed by atoms with Crippen LogP contribution in [-0.2, 0) is 0 Å². The quantitative estimate of drug-likeness (QED) is 0.799. The summed E-state index contributed by atoms with van der Waals surface area (Å²) in [5.74, 6) is 1.70. The first-order valence-electron chi connectivity index (χ1n) is 8.79. The molecule has 0 fully saturated rings. The molecule has 1 aliphatic rings. The van der Waals surface area contributed by atoms with Gasteiger partial charge in [0.2, 0.25) is 0 Å². The van der Waals surface area contributed by atoms with E-state index in [-0.39, 0.29) is 18.3 Å². The molecule has 3 rings (SSSR count). The third kappa shape index (κ3) is 4.16. The summed E-state index contributed by atoms with van der Waals surface area (Å²) < 4.78 is 9.00. The molecule has 0 saturated carbocycles. The highest BCUT2D eigenvalue weighted by molar-refractivity contribution is 8.12. The summed E-state index contributed by atoms with van der Waals surface area (Å²) in [6.45, 7) is 10.3. The maximum Gasteiger partial charge on any atom is 0.182 e. The number of amidine groups is 1. The number of nitrogens with zero attached hydrogens (tertiary/aromatic N) is 4. The molecule has 0 aliphatic carbocycles. The number of hydrogen-bond donors (Lipinski definition) is 1. The molecule has 0 radical (unpaired) electrons. The third-order valence-corrected chi connectivity index (χ3v) is 4.67. The second kappa shape index (κ2) is 8.05. The van der Waals surface area contributed by atoms with Crippen LogP contribution in [-0.4, -0.2) is 27.3 Å². The molecule has 0 bridgehead atoms. The maximum atomic E-state index is 5.65. The van der Waals surface area contributed by atoms with Crippen molar-refractivity contribution in [2.24, 2.45) is 4.99 Å². The molecule has 2 aromatic heterocycles. The van der Waals surface area contributed by atoms with E-state index in [1.807, 2.05) is 38.2 Å². The van der Waals surface area contributed by atoms with Crippen LogP contribution in [0, 0.1) is 6.92 Å². The molecule has 26 heavy (non-hydrogen) atoms. The predicted molar refractivity (Wildman–Crippen MR) is 107 cm³/mol. The number of ether oxygens (including phenoxy) is 1. The fourth-order valence-corrected chi connectivity index (χ4v) is 3.63. The number of aliphatic imine (C=N–C) groups is 1. The highest BCUT2D eigenvalue weighted by Crippen LogP contribution is 2.30. The Balaban J connectivity index is 1.82. The molecule has 138 valence electrons. The molecule has 6 nitrogen and oxygen atoms in total. The number of pyridine rings is 2. The molecule has 7 heteroatoms. The molecular weight excluding hydrogens is 346 g/mol. The van der Waals surface area contributed by atoms with Crippen LogP contribution in [0.1, 0.15) is 45.1 Å². The van der Waals surface area contributed by atoms with Gasteiger partial charge in [-0.25, -0.2) is 14.7 Å². The van der Waals surface area contributed by atoms with Crippen molar-refractivity contribution < 1.29 is 4.74 Å². The minimum absolute atomic E-state index is 0.133. The number of nitrogens with one attached hydrogen (secondary N) is 1. The van der Waals surface area contributed by atoms with E-state index in [4.69, 9.17) is 9.73 Å². The standard InChI is InChI=1S/C19H25N5OS/c1-12(2)24(18-14(5)7-6-10-20-18)19-22-17(23-26-19)16-9-8-15(11-21-16)25-13(3)4/h6-13,17,23H,1-5H3. The van der Waals surface area contributed by atoms with Gasteiger partial charge in [-0.2, -0.15) is 0 Å². The first-order valence-corrected chi connectivity index (χ1v) is 9.61. The average Bonchev–Trinajstić information content (AvgIpc) is 3.06. The topological polar surface area (TPSA) is 62.6 Å². The molecule has 0 amide bonds. The first kappa shape index (κ1) is 18.7. The summed E-state index contributed by atoms with van der Waals surface area (Å²) >= 11 is 1.51. The highest BCUT2D eigenvalue weighted by Gasteiger charge is 2.28. The monoisotopic (exact) mass is 371 g/mol. The molecular formula is C19H25N5OS. The van der Waals surface area contributed by atoms with Gasteiger partial charge in [0, 0.05) is 12.2 Å². The maximum absolute atomic E-state index is 5.65. The smallest absolute Gasteiger partial charge is 0.182 e. The van der Waals surface area contributed by atoms with Gasteiger partial charge in [0.15, 0.2) is 11.3 Å². The third-order valence-electron chi connectivity index (χ3n) is 3.85. The molecule has 0 saturated heterocycles. The van der Waals surface area contributed by atoms with Gasteiger partial charge in [0.1, 0.15) is 11.6 Å². The summed E-state index contributed by atoms with van der Waals surface area (Å²) in [5, 5.41) is 0.899. The van der Waals surface area contributed by atoms with E-state index in [1.54, 1.807) is 6.20 Å². The van der Waals surface area contributed by atoms with Crippen LogP contribution in [0.4, 0.5) is 5.82 Å². The fraction of sp³-hybridized carbons (Fsp3) is 0.421. The van der Waals surface area contributed by atoms with Crippen LogP contribution in [0.3, 0.4) is 0 Å². The molecule has 3 heterocycles. The van der Waals surface area contributed by atoms with Gasteiger partial charge < -0.3 is 9.64 Å². The fourth-order valence-electron chi connectivity index (χ4n) is 2.69. The van der Waals surface area contributed by atoms with E-state index in [2.05, 4.69) is 46.4 Å². The lowest BCUT2D eigenvalue weighted by Crippen LogP contribution is -2.36. The number of aromatic nitrogens is 2. The normalized spacial score (nSPS) is 16.9. The van der Waals surface area contributed by atoms with Gasteiger partial charge in [0.25, 0.3) is 0 Å². The predicted octanol–water partition coefficient (Wildman–Crippen LogP) is 4.09. The van der Waals surface area contributed by atoms with Gasteiger partial charge in [-0.05, 0) is 70.3 Å². The minimum atomic E-state index is -0.187. The molecule has 1 aliphatic heterocycles. The van der Waals surface area contributed by atoms with Crippen LogP contribution in [0.5, 0.6) is 5.75 Å². The van der Waals surface area contributed by atoms with Gasteiger partial charge in [-0.1, -0.05) is 6.07 Å². The second-order valence-corrected chi connectivity index (χ2v) is 7.53. The van der Waals surface area contributed by atoms with Crippen molar-refractivity contribution in [2.75, 3.05) is 4.90 Å². The Labute approximate surface area is 159 Å². The van der Waals surface area contributed by atoms with Crippen molar-refractivity contribution in [1.82, 2.24) is 14.7 Å². The largest absolute Gasteiger partial charge is 0.489 e. The first-order chi connectivity index (χ1) is 12.5. The lowest BCUT2D eigenvalue weighted by molar-refractivity contribution is 0.241. The van der Waals surface area contributed by atoms with Crippen molar-refractivity contribution in [1.29, 1.82) is 0 Å². The lowest BCUT2D eigenvalue weighted by Gasteiger charge is -2.27. The van der Waals surface area contributed by atoms with Crippen molar-refractivity contribution >= 4 is 22.9 Å². The second-order valence-electron chi connectivity index (χ2n) is 6.73. The van der Waals surface area contributed by atoms with Gasteiger partial charge in [0.05, 0.1) is 18.0 Å². The zero-order valence-electron chi connectivity index (χ0n) is 15.8. The Morgan fingerprint density at radius 1 is 1.15 bits per heavy atom. The Kier molecular flexibility index (Phi) is 5.78. The van der Waals surface area contributed by atoms with Gasteiger partial charge in [-0.15, -0.1) is 0 Å². The number of hydrogen-bond acceptors (Lipinski definition) is 7. The number of rotatable bonds is 5. The van der Waals surface area contributed by atoms with Crippen molar-refractivity contribution in [3.63, 3.8) is 0 Å². The van der Waals surface area contributed by atoms with E-state index in [9.17, 15) is 0 Å². The van der Waals surface area contributed by atoms with Crippen molar-refractivity contribution in [3.8, 4) is 5.75 Å². The van der Waals surface area contributed by atoms with Crippen molar-refractivity contribution in [3.05, 3.63) is 47.9 Å². The van der Waals surface area contributed by atoms with Crippen LogP contribution >= 0.6 is 11.9 Å². The molecule has 0 spiro atoms. The summed E-state index contributed by atoms with van der Waals surface area (Å²) in [6.07, 6.45) is 3.51. The van der Waals surface area contributed by atoms with Crippen molar-refractivity contribution in [2.45, 2.75) is 52.9 Å². The lowest BCUT2D eigenvalue weighted by atomic mass is 10.2. The zero-order chi connectivity index (χ0) is 18.7. The van der Waals surface area contributed by atoms with E-state index < -0.39 is 0 Å². The minimum Gasteiger partial charge on any atom is -0.489 e. The van der Waals surface area contributed by atoms with Crippen LogP contribution in [0.25, 0.3) is 0 Å². The number of aryl methyl sites for hydroxylation is 1. The van der Waals surface area contributed by atoms with E-state index in [0.29, 0.717) is 0 Å². The van der Waals surface area contributed by atoms with Gasteiger partial charge >= 0.3 is 0 Å². The molecule has 2 aromatic rings. The Morgan fingerprint density at radius 2 is 1.96 bits per heavy atom. The zero-order valence-corrected chi connectivity index (χ0v) is 16.6. The van der Waals surface area contributed by atoms with Crippen LogP contribution < -0.4 is 14.4 Å². The van der Waals surface area contributed by atoms with Gasteiger partial charge in [-0.3, -0.25) is 4.98 Å². The molecule has 1 N–H and O–H groups in total. The SMILES string of the molecule is Cc1cccnc1N(C1=NC(c2ccc(OC(C)C)cn2)NS1)C(C)C. The summed E-state index contributed by atoms with van der Waals surface area (Å²) in [6, 6.07) is 8.15. The van der Waals surface area contributed by atoms with E-state index in [1.165, 1.54) is 11.9 Å². The Hall–Kier alpha value is -2.12. The Morgan fingerprint density at radius 3 is 2.58 bits per heavy atom. The molecule has 1 unspecified atom stereocenters. The number of anilines is 1. The summed E-state index contributed by atoms with van der Waals surface area (Å²) in [7, 11) is 0.